The molecule has 2 nitrogen and oxygen atoms in total. The van der Waals surface area contributed by atoms with E-state index in [1.165, 1.54) is 11.1 Å². The van der Waals surface area contributed by atoms with Crippen molar-refractivity contribution in [2.24, 2.45) is 0 Å². The number of aryl methyl sites for hydroxylation is 1. The molecule has 5 heteroatoms. The van der Waals surface area contributed by atoms with E-state index in [2.05, 4.69) is 144 Å². The van der Waals surface area contributed by atoms with Gasteiger partial charge in [0.15, 0.2) is 16.6 Å². The van der Waals surface area contributed by atoms with Gasteiger partial charge >= 0.3 is 0 Å². The van der Waals surface area contributed by atoms with Crippen molar-refractivity contribution in [1.82, 2.24) is 0 Å². The fraction of sp³-hybridized carbons (Fsp3) is 0.600. The quantitative estimate of drug-likeness (QED) is 0.158. The number of alkyl halides is 1. The molecule has 0 heterocycles. The van der Waals surface area contributed by atoms with Gasteiger partial charge in [0.1, 0.15) is 0 Å². The van der Waals surface area contributed by atoms with Gasteiger partial charge in [0, 0.05) is 18.0 Å². The third kappa shape index (κ3) is 11.9. The predicted octanol–water partition coefficient (Wildman–Crippen LogP) is 10.2. The summed E-state index contributed by atoms with van der Waals surface area (Å²) in [6.45, 7) is 24.7. The normalized spacial score (nSPS) is 13.7. The van der Waals surface area contributed by atoms with E-state index in [0.29, 0.717) is 14.9 Å². The molecule has 0 saturated heterocycles. The zero-order valence-corrected chi connectivity index (χ0v) is 27.7. The maximum absolute atomic E-state index is 6.19. The first-order chi connectivity index (χ1) is 16.1. The molecule has 0 spiro atoms. The molecule has 2 rings (SSSR count). The number of hydrogen-bond acceptors (Lipinski definition) is 2. The Morgan fingerprint density at radius 2 is 1.11 bits per heavy atom. The van der Waals surface area contributed by atoms with Gasteiger partial charge in [0.25, 0.3) is 0 Å². The second-order valence-electron chi connectivity index (χ2n) is 12.5. The second kappa shape index (κ2) is 14.3. The minimum absolute atomic E-state index is 0.293. The summed E-state index contributed by atoms with van der Waals surface area (Å²) >= 11 is 3.74. The predicted molar refractivity (Wildman–Crippen MR) is 164 cm³/mol. The topological polar surface area (TPSA) is 18.5 Å². The van der Waals surface area contributed by atoms with Crippen LogP contribution in [0.25, 0.3) is 0 Å². The van der Waals surface area contributed by atoms with Crippen molar-refractivity contribution in [3.8, 4) is 0 Å². The van der Waals surface area contributed by atoms with Crippen LogP contribution in [-0.2, 0) is 15.3 Å². The van der Waals surface area contributed by atoms with Crippen molar-refractivity contribution in [3.05, 3.63) is 71.8 Å². The van der Waals surface area contributed by atoms with Crippen molar-refractivity contribution >= 4 is 32.6 Å². The molecule has 0 bridgehead atoms. The first-order valence-electron chi connectivity index (χ1n) is 13.1. The van der Waals surface area contributed by atoms with Crippen molar-refractivity contribution in [3.63, 3.8) is 0 Å². The van der Waals surface area contributed by atoms with Crippen LogP contribution in [0.4, 0.5) is 0 Å². The van der Waals surface area contributed by atoms with Gasteiger partial charge < -0.3 is 8.85 Å². The lowest BCUT2D eigenvalue weighted by Gasteiger charge is -2.36. The third-order valence-electron chi connectivity index (χ3n) is 7.52. The van der Waals surface area contributed by atoms with Gasteiger partial charge in [0.2, 0.25) is 0 Å². The molecule has 1 atom stereocenters. The van der Waals surface area contributed by atoms with Gasteiger partial charge in [-0.1, -0.05) is 118 Å². The summed E-state index contributed by atoms with van der Waals surface area (Å²) in [6.07, 6.45) is 3.27. The minimum atomic E-state index is -1.59. The third-order valence-corrected chi connectivity index (χ3v) is 17.6. The summed E-state index contributed by atoms with van der Waals surface area (Å²) in [5, 5.41) is 0.612. The maximum atomic E-state index is 6.19. The highest BCUT2D eigenvalue weighted by Crippen LogP contribution is 2.38. The van der Waals surface area contributed by atoms with E-state index < -0.39 is 16.6 Å². The Bertz CT molecular complexity index is 825. The van der Waals surface area contributed by atoms with E-state index in [1.807, 2.05) is 0 Å². The molecule has 0 aromatic heterocycles. The first-order valence-corrected chi connectivity index (χ1v) is 19.8. The highest BCUT2D eigenvalue weighted by Gasteiger charge is 2.37. The maximum Gasteiger partial charge on any atom is 0.191 e. The Kier molecular flexibility index (Phi) is 13.2. The van der Waals surface area contributed by atoms with Gasteiger partial charge in [-0.3, -0.25) is 0 Å². The largest absolute Gasteiger partial charge is 0.417 e. The van der Waals surface area contributed by atoms with Gasteiger partial charge in [-0.2, -0.15) is 0 Å². The first kappa shape index (κ1) is 32.3. The van der Waals surface area contributed by atoms with Crippen LogP contribution in [0.3, 0.4) is 0 Å². The van der Waals surface area contributed by atoms with E-state index in [4.69, 9.17) is 8.85 Å². The van der Waals surface area contributed by atoms with Crippen LogP contribution in [0.2, 0.25) is 36.3 Å². The zero-order chi connectivity index (χ0) is 26.8. The van der Waals surface area contributed by atoms with Crippen molar-refractivity contribution < 1.29 is 8.85 Å². The fourth-order valence-electron chi connectivity index (χ4n) is 2.93. The summed E-state index contributed by atoms with van der Waals surface area (Å²) < 4.78 is 12.3. The molecular formula is C30H51BrO2Si2. The molecule has 198 valence electrons. The molecule has 2 aromatic rings. The molecule has 1 unspecified atom stereocenters. The molecule has 35 heavy (non-hydrogen) atoms. The van der Waals surface area contributed by atoms with E-state index in [-0.39, 0.29) is 0 Å². The lowest BCUT2D eigenvalue weighted by atomic mass is 10.1. The van der Waals surface area contributed by atoms with Gasteiger partial charge in [0.05, 0.1) is 0 Å². The molecular weight excluding hydrogens is 528 g/mol. The van der Waals surface area contributed by atoms with Gasteiger partial charge in [-0.05, 0) is 66.7 Å². The Morgan fingerprint density at radius 1 is 0.686 bits per heavy atom. The number of benzene rings is 2. The van der Waals surface area contributed by atoms with E-state index >= 15 is 0 Å². The van der Waals surface area contributed by atoms with Crippen molar-refractivity contribution in [1.29, 1.82) is 0 Å². The average Bonchev–Trinajstić information content (AvgIpc) is 2.77. The number of hydrogen-bond donors (Lipinski definition) is 0. The van der Waals surface area contributed by atoms with Crippen LogP contribution >= 0.6 is 15.9 Å². The number of rotatable bonds is 10. The summed E-state index contributed by atoms with van der Waals surface area (Å²) in [5.41, 5.74) is 2.74. The molecule has 0 saturated carbocycles. The Labute approximate surface area is 227 Å². The van der Waals surface area contributed by atoms with E-state index in [0.717, 1.165) is 32.5 Å². The van der Waals surface area contributed by atoms with E-state index in [1.54, 1.807) is 0 Å². The summed E-state index contributed by atoms with van der Waals surface area (Å²) in [5.74, 6) is 0. The molecule has 0 radical (unpaired) electrons. The van der Waals surface area contributed by atoms with Crippen LogP contribution in [0.5, 0.6) is 0 Å². The van der Waals surface area contributed by atoms with Crippen LogP contribution in [0, 0.1) is 0 Å². The molecule has 0 aliphatic carbocycles. The Balaban J connectivity index is 0.000000351. The Hall–Kier alpha value is -0.726. The highest BCUT2D eigenvalue weighted by atomic mass is 79.9. The molecule has 0 N–H and O–H groups in total. The fourth-order valence-corrected chi connectivity index (χ4v) is 5.57. The van der Waals surface area contributed by atoms with Crippen LogP contribution in [0.15, 0.2) is 60.7 Å². The highest BCUT2D eigenvalue weighted by molar-refractivity contribution is 9.09. The van der Waals surface area contributed by atoms with Crippen molar-refractivity contribution in [2.45, 2.75) is 102 Å². The molecule has 2 aromatic carbocycles. The number of halogens is 1. The van der Waals surface area contributed by atoms with Crippen LogP contribution < -0.4 is 0 Å². The summed E-state index contributed by atoms with van der Waals surface area (Å²) in [4.78, 5) is 0.392. The van der Waals surface area contributed by atoms with Gasteiger partial charge in [-0.25, -0.2) is 0 Å². The van der Waals surface area contributed by atoms with Crippen LogP contribution in [-0.4, -0.2) is 29.8 Å². The second-order valence-corrected chi connectivity index (χ2v) is 23.2. The molecule has 0 fully saturated rings. The molecule has 0 amide bonds. The molecule has 0 aliphatic heterocycles. The SMILES string of the molecule is CC(C)(C)[Si](C)(C)OCCC(Br)c1ccccc1.CC(C)(C)[Si](C)(C)OCCCc1ccccc1. The summed E-state index contributed by atoms with van der Waals surface area (Å²) in [7, 11) is -3.14. The Morgan fingerprint density at radius 3 is 1.57 bits per heavy atom. The minimum Gasteiger partial charge on any atom is -0.417 e. The zero-order valence-electron chi connectivity index (χ0n) is 24.1. The monoisotopic (exact) mass is 578 g/mol. The average molecular weight is 580 g/mol. The lowest BCUT2D eigenvalue weighted by molar-refractivity contribution is 0.282. The lowest BCUT2D eigenvalue weighted by Crippen LogP contribution is -2.41. The standard InChI is InChI=1S/C15H25BrOSi.C15H26OSi/c1-15(2,3)18(4,5)17-12-11-14(16)13-9-7-6-8-10-13;1-15(2,3)17(4,5)16-13-9-12-14-10-7-6-8-11-14/h6-10,14H,11-12H2,1-5H3;6-8,10-11H,9,12-13H2,1-5H3. The summed E-state index contributed by atoms with van der Waals surface area (Å²) in [6, 6.07) is 21.2. The smallest absolute Gasteiger partial charge is 0.191 e. The van der Waals surface area contributed by atoms with E-state index in [9.17, 15) is 0 Å². The molecule has 0 aliphatic rings. The van der Waals surface area contributed by atoms with Crippen LogP contribution in [0.1, 0.15) is 70.3 Å². The van der Waals surface area contributed by atoms with Gasteiger partial charge in [-0.15, -0.1) is 0 Å². The van der Waals surface area contributed by atoms with Crippen molar-refractivity contribution in [2.75, 3.05) is 13.2 Å².